The number of aliphatic imine (C=N–C) groups is 1. The number of hydrogen-bond donors (Lipinski definition) is 1. The minimum absolute atomic E-state index is 0.0694. The molecular weight excluding hydrogens is 277 g/mol. The van der Waals surface area contributed by atoms with Crippen LogP contribution >= 0.6 is 0 Å². The summed E-state index contributed by atoms with van der Waals surface area (Å²) in [5.74, 6) is -1.01. The van der Waals surface area contributed by atoms with E-state index in [2.05, 4.69) is 4.99 Å². The number of halogens is 2. The molecule has 0 radical (unpaired) electrons. The van der Waals surface area contributed by atoms with E-state index in [0.29, 0.717) is 17.1 Å². The Bertz CT molecular complexity index is 660. The lowest BCUT2D eigenvalue weighted by Gasteiger charge is -2.08. The summed E-state index contributed by atoms with van der Waals surface area (Å²) in [6, 6.07) is 3.10. The largest absolute Gasteiger partial charge is 0.677 e. The van der Waals surface area contributed by atoms with Gasteiger partial charge in [-0.05, 0) is 50.1 Å². The molecule has 7 heteroatoms. The van der Waals surface area contributed by atoms with Crippen LogP contribution in [0.4, 0.5) is 8.63 Å². The Hall–Kier alpha value is -2.18. The maximum absolute atomic E-state index is 13.2. The van der Waals surface area contributed by atoms with Crippen molar-refractivity contribution in [2.75, 3.05) is 0 Å². The lowest BCUT2D eigenvalue weighted by Crippen LogP contribution is -2.18. The second kappa shape index (κ2) is 6.07. The van der Waals surface area contributed by atoms with Crippen LogP contribution in [-0.4, -0.2) is 28.7 Å². The highest BCUT2D eigenvalue weighted by Gasteiger charge is 2.23. The van der Waals surface area contributed by atoms with Crippen LogP contribution in [0.25, 0.3) is 6.08 Å². The van der Waals surface area contributed by atoms with Gasteiger partial charge in [-0.15, -0.1) is 0 Å². The monoisotopic (exact) mass is 292 g/mol. The summed E-state index contributed by atoms with van der Waals surface area (Å²) in [5.41, 5.74) is 3.03. The first-order valence-corrected chi connectivity index (χ1v) is 6.54. The van der Waals surface area contributed by atoms with Gasteiger partial charge in [0.15, 0.2) is 0 Å². The van der Waals surface area contributed by atoms with Crippen molar-refractivity contribution in [1.82, 2.24) is 4.48 Å². The normalized spacial score (nSPS) is 16.1. The van der Waals surface area contributed by atoms with Gasteiger partial charge >= 0.3 is 13.4 Å². The number of rotatable bonds is 5. The first-order valence-electron chi connectivity index (χ1n) is 6.54. The van der Waals surface area contributed by atoms with E-state index < -0.39 is 13.4 Å². The molecule has 1 N–H and O–H groups in total. The number of aryl methyl sites for hydroxylation is 1. The summed E-state index contributed by atoms with van der Waals surface area (Å²) < 4.78 is 27.3. The van der Waals surface area contributed by atoms with Crippen LogP contribution in [0.15, 0.2) is 34.5 Å². The lowest BCUT2D eigenvalue weighted by atomic mass is 10.1. The van der Waals surface area contributed by atoms with Gasteiger partial charge in [0.1, 0.15) is 0 Å². The molecule has 2 heterocycles. The van der Waals surface area contributed by atoms with Crippen LogP contribution in [0, 0.1) is 0 Å². The van der Waals surface area contributed by atoms with Crippen molar-refractivity contribution >= 4 is 25.2 Å². The zero-order valence-electron chi connectivity index (χ0n) is 11.8. The number of hydrogen-bond acceptors (Lipinski definition) is 2. The Morgan fingerprint density at radius 1 is 1.43 bits per heavy atom. The fraction of sp³-hybridized carbons (Fsp3) is 0.286. The van der Waals surface area contributed by atoms with Crippen LogP contribution in [0.1, 0.15) is 31.7 Å². The molecule has 0 saturated heterocycles. The molecule has 4 nitrogen and oxygen atoms in total. The Balaban J connectivity index is 2.35. The van der Waals surface area contributed by atoms with Gasteiger partial charge in [0.25, 0.3) is 0 Å². The molecule has 2 rings (SSSR count). The van der Waals surface area contributed by atoms with Gasteiger partial charge in [0.05, 0.1) is 12.1 Å². The van der Waals surface area contributed by atoms with E-state index in [-0.39, 0.29) is 12.8 Å². The number of aromatic nitrogens is 1. The van der Waals surface area contributed by atoms with Gasteiger partial charge in [0.2, 0.25) is 0 Å². The van der Waals surface area contributed by atoms with Crippen LogP contribution in [0.5, 0.6) is 0 Å². The van der Waals surface area contributed by atoms with Gasteiger partial charge in [-0.2, -0.15) is 0 Å². The number of allylic oxidation sites excluding steroid dienone is 2. The summed E-state index contributed by atoms with van der Waals surface area (Å²) in [5, 5.41) is 8.67. The van der Waals surface area contributed by atoms with Crippen molar-refractivity contribution in [2.24, 2.45) is 4.99 Å². The summed E-state index contributed by atoms with van der Waals surface area (Å²) in [6.07, 6.45) is 3.37. The Kier molecular flexibility index (Phi) is 4.40. The van der Waals surface area contributed by atoms with Crippen LogP contribution in [0.3, 0.4) is 0 Å². The van der Waals surface area contributed by atoms with Gasteiger partial charge < -0.3 is 9.58 Å². The Morgan fingerprint density at radius 3 is 2.67 bits per heavy atom. The van der Waals surface area contributed by atoms with Crippen molar-refractivity contribution in [3.05, 3.63) is 40.9 Å². The predicted octanol–water partition coefficient (Wildman–Crippen LogP) is 3.04. The van der Waals surface area contributed by atoms with E-state index in [1.165, 1.54) is 6.07 Å². The van der Waals surface area contributed by atoms with Crippen molar-refractivity contribution in [3.63, 3.8) is 0 Å². The van der Waals surface area contributed by atoms with E-state index in [0.717, 1.165) is 15.8 Å². The average molecular weight is 292 g/mol. The molecule has 0 aliphatic carbocycles. The van der Waals surface area contributed by atoms with Gasteiger partial charge in [-0.1, -0.05) is 0 Å². The molecule has 0 atom stereocenters. The molecule has 0 unspecified atom stereocenters. The quantitative estimate of drug-likeness (QED) is 0.848. The SMILES string of the molecule is CC1=CC(C)=NC1=Cc1ccc(CCC(=O)O)n1B(F)F. The molecule has 1 aliphatic rings. The lowest BCUT2D eigenvalue weighted by molar-refractivity contribution is -0.136. The van der Waals surface area contributed by atoms with E-state index in [1.807, 2.05) is 19.9 Å². The molecule has 21 heavy (non-hydrogen) atoms. The second-order valence-corrected chi connectivity index (χ2v) is 4.90. The minimum atomic E-state index is -2.72. The molecule has 0 bridgehead atoms. The van der Waals surface area contributed by atoms with Gasteiger partial charge in [0, 0.05) is 17.1 Å². The molecular formula is C14H15BF2N2O2. The molecule has 0 aromatic carbocycles. The smallest absolute Gasteiger partial charge is 0.481 e. The summed E-state index contributed by atoms with van der Waals surface area (Å²) >= 11 is 0. The van der Waals surface area contributed by atoms with Crippen molar-refractivity contribution in [1.29, 1.82) is 0 Å². The number of nitrogens with zero attached hydrogens (tertiary/aromatic N) is 2. The van der Waals surface area contributed by atoms with Gasteiger partial charge in [-0.3, -0.25) is 18.4 Å². The summed E-state index contributed by atoms with van der Waals surface area (Å²) in [6.45, 7) is 3.71. The zero-order chi connectivity index (χ0) is 15.6. The van der Waals surface area contributed by atoms with Crippen LogP contribution in [-0.2, 0) is 11.2 Å². The molecule has 1 aromatic rings. The van der Waals surface area contributed by atoms with E-state index in [1.54, 1.807) is 12.1 Å². The molecule has 0 amide bonds. The number of carboxylic acids is 1. The highest BCUT2D eigenvalue weighted by molar-refractivity contribution is 6.41. The molecule has 0 saturated carbocycles. The molecule has 110 valence electrons. The van der Waals surface area contributed by atoms with Crippen LogP contribution in [0.2, 0.25) is 0 Å². The first-order chi connectivity index (χ1) is 9.88. The average Bonchev–Trinajstić information content (AvgIpc) is 2.91. The van der Waals surface area contributed by atoms with Crippen molar-refractivity contribution < 1.29 is 18.5 Å². The third-order valence-corrected chi connectivity index (χ3v) is 3.24. The fourth-order valence-electron chi connectivity index (χ4n) is 2.29. The fourth-order valence-corrected chi connectivity index (χ4v) is 2.29. The number of aliphatic carboxylic acids is 1. The second-order valence-electron chi connectivity index (χ2n) is 4.90. The number of carbonyl (C=O) groups is 1. The molecule has 0 spiro atoms. The molecule has 0 fully saturated rings. The predicted molar refractivity (Wildman–Crippen MR) is 78.6 cm³/mol. The summed E-state index contributed by atoms with van der Waals surface area (Å²) in [4.78, 5) is 14.9. The van der Waals surface area contributed by atoms with Crippen LogP contribution < -0.4 is 0 Å². The molecule has 1 aliphatic heterocycles. The van der Waals surface area contributed by atoms with E-state index in [4.69, 9.17) is 5.11 Å². The van der Waals surface area contributed by atoms with Crippen molar-refractivity contribution in [3.8, 4) is 0 Å². The number of carboxylic acid groups (broad SMARTS) is 1. The maximum atomic E-state index is 13.2. The standard InChI is InChI=1S/C14H15BF2N2O2/c1-9-7-10(2)18-13(9)8-12-4-3-11(5-6-14(20)21)19(12)15(16)17/h3-4,7-8H,5-6H2,1-2H3,(H,20,21). The third-order valence-electron chi connectivity index (χ3n) is 3.24. The molecule has 1 aromatic heterocycles. The maximum Gasteiger partial charge on any atom is 0.677 e. The highest BCUT2D eigenvalue weighted by Crippen LogP contribution is 2.23. The Labute approximate surface area is 121 Å². The summed E-state index contributed by atoms with van der Waals surface area (Å²) in [7, 11) is -2.72. The van der Waals surface area contributed by atoms with Gasteiger partial charge in [-0.25, -0.2) is 0 Å². The highest BCUT2D eigenvalue weighted by atomic mass is 19.2. The van der Waals surface area contributed by atoms with E-state index in [9.17, 15) is 13.4 Å². The Morgan fingerprint density at radius 2 is 2.14 bits per heavy atom. The third kappa shape index (κ3) is 3.48. The minimum Gasteiger partial charge on any atom is -0.481 e. The zero-order valence-corrected chi connectivity index (χ0v) is 11.8. The van der Waals surface area contributed by atoms with E-state index >= 15 is 0 Å². The first kappa shape index (κ1) is 15.2. The topological polar surface area (TPSA) is 54.6 Å². The van der Waals surface area contributed by atoms with Crippen molar-refractivity contribution in [2.45, 2.75) is 26.7 Å².